The van der Waals surface area contributed by atoms with Crippen molar-refractivity contribution in [3.05, 3.63) is 53.3 Å². The Bertz CT molecular complexity index is 584. The van der Waals surface area contributed by atoms with Crippen LogP contribution in [0.5, 0.6) is 0 Å². The van der Waals surface area contributed by atoms with Crippen molar-refractivity contribution in [2.45, 2.75) is 19.8 Å². The van der Waals surface area contributed by atoms with Gasteiger partial charge in [-0.25, -0.2) is 9.97 Å². The molecule has 0 saturated carbocycles. The van der Waals surface area contributed by atoms with Crippen molar-refractivity contribution in [2.24, 2.45) is 5.73 Å². The van der Waals surface area contributed by atoms with E-state index in [1.165, 1.54) is 5.56 Å². The normalized spacial score (nSPS) is 10.2. The molecule has 0 atom stereocenters. The molecule has 2 rings (SSSR count). The first-order valence-electron chi connectivity index (χ1n) is 6.58. The number of rotatable bonds is 6. The van der Waals surface area contributed by atoms with Gasteiger partial charge in [0.15, 0.2) is 0 Å². The zero-order chi connectivity index (χ0) is 14.4. The first-order valence-corrected chi connectivity index (χ1v) is 6.99. The summed E-state index contributed by atoms with van der Waals surface area (Å²) in [7, 11) is 0. The molecule has 0 aliphatic carbocycles. The maximum atomic E-state index is 5.60. The van der Waals surface area contributed by atoms with Gasteiger partial charge in [0.2, 0.25) is 5.95 Å². The van der Waals surface area contributed by atoms with E-state index in [4.69, 9.17) is 18.0 Å². The molecule has 0 spiro atoms. The molecule has 5 heteroatoms. The van der Waals surface area contributed by atoms with Gasteiger partial charge in [-0.05, 0) is 31.4 Å². The van der Waals surface area contributed by atoms with Crippen LogP contribution in [0.4, 0.5) is 5.95 Å². The molecule has 1 aromatic carbocycles. The van der Waals surface area contributed by atoms with E-state index in [2.05, 4.69) is 39.6 Å². The Morgan fingerprint density at radius 1 is 1.25 bits per heavy atom. The Morgan fingerprint density at radius 2 is 2.00 bits per heavy atom. The third-order valence-corrected chi connectivity index (χ3v) is 3.08. The SMILES string of the molecule is Cc1cc(C(N)=S)nc(NCCCc2ccccc2)n1. The highest BCUT2D eigenvalue weighted by Crippen LogP contribution is 2.06. The van der Waals surface area contributed by atoms with E-state index in [1.807, 2.05) is 13.0 Å². The molecule has 0 saturated heterocycles. The quantitative estimate of drug-likeness (QED) is 0.631. The van der Waals surface area contributed by atoms with E-state index in [0.29, 0.717) is 16.6 Å². The summed E-state index contributed by atoms with van der Waals surface area (Å²) in [6, 6.07) is 12.2. The van der Waals surface area contributed by atoms with Crippen LogP contribution >= 0.6 is 12.2 Å². The maximum Gasteiger partial charge on any atom is 0.223 e. The standard InChI is InChI=1S/C15H18N4S/c1-11-10-13(14(16)20)19-15(18-11)17-9-5-8-12-6-3-2-4-7-12/h2-4,6-7,10H,5,8-9H2,1H3,(H2,16,20)(H,17,18,19). The number of benzene rings is 1. The Kier molecular flexibility index (Phi) is 5.01. The van der Waals surface area contributed by atoms with Crippen LogP contribution in [-0.4, -0.2) is 21.5 Å². The minimum absolute atomic E-state index is 0.294. The number of aromatic nitrogens is 2. The highest BCUT2D eigenvalue weighted by Gasteiger charge is 2.03. The molecule has 3 N–H and O–H groups in total. The molecule has 2 aromatic rings. The van der Waals surface area contributed by atoms with Crippen LogP contribution in [0.3, 0.4) is 0 Å². The number of hydrogen-bond donors (Lipinski definition) is 2. The van der Waals surface area contributed by atoms with E-state index in [9.17, 15) is 0 Å². The zero-order valence-electron chi connectivity index (χ0n) is 11.5. The number of anilines is 1. The molecule has 0 unspecified atom stereocenters. The van der Waals surface area contributed by atoms with Crippen LogP contribution in [-0.2, 0) is 6.42 Å². The van der Waals surface area contributed by atoms with Crippen molar-refractivity contribution >= 4 is 23.2 Å². The number of hydrogen-bond acceptors (Lipinski definition) is 4. The molecule has 0 aliphatic rings. The fourth-order valence-corrected chi connectivity index (χ4v) is 2.02. The minimum Gasteiger partial charge on any atom is -0.388 e. The van der Waals surface area contributed by atoms with E-state index >= 15 is 0 Å². The summed E-state index contributed by atoms with van der Waals surface area (Å²) in [4.78, 5) is 8.91. The van der Waals surface area contributed by atoms with Crippen molar-refractivity contribution in [3.63, 3.8) is 0 Å². The monoisotopic (exact) mass is 286 g/mol. The van der Waals surface area contributed by atoms with Crippen LogP contribution in [0.2, 0.25) is 0 Å². The fraction of sp³-hybridized carbons (Fsp3) is 0.267. The predicted molar refractivity (Wildman–Crippen MR) is 85.9 cm³/mol. The van der Waals surface area contributed by atoms with E-state index < -0.39 is 0 Å². The number of nitrogens with one attached hydrogen (secondary N) is 1. The molecule has 0 fully saturated rings. The average Bonchev–Trinajstić information content (AvgIpc) is 2.44. The summed E-state index contributed by atoms with van der Waals surface area (Å²) in [6.07, 6.45) is 2.05. The Balaban J connectivity index is 1.86. The molecular weight excluding hydrogens is 268 g/mol. The lowest BCUT2D eigenvalue weighted by molar-refractivity contribution is 0.851. The smallest absolute Gasteiger partial charge is 0.223 e. The molecule has 0 bridgehead atoms. The van der Waals surface area contributed by atoms with Gasteiger partial charge in [-0.3, -0.25) is 0 Å². The summed E-state index contributed by atoms with van der Waals surface area (Å²) in [5.74, 6) is 0.584. The lowest BCUT2D eigenvalue weighted by atomic mass is 10.1. The van der Waals surface area contributed by atoms with Gasteiger partial charge in [0.1, 0.15) is 10.7 Å². The predicted octanol–water partition coefficient (Wildman–Crippen LogP) is 2.46. The van der Waals surface area contributed by atoms with Crippen molar-refractivity contribution < 1.29 is 0 Å². The average molecular weight is 286 g/mol. The number of thiocarbonyl (C=S) groups is 1. The van der Waals surface area contributed by atoms with Gasteiger partial charge in [0.05, 0.1) is 0 Å². The summed E-state index contributed by atoms with van der Waals surface area (Å²) in [5, 5.41) is 3.21. The van der Waals surface area contributed by atoms with E-state index in [0.717, 1.165) is 25.1 Å². The summed E-state index contributed by atoms with van der Waals surface area (Å²) in [6.45, 7) is 2.72. The Morgan fingerprint density at radius 3 is 2.70 bits per heavy atom. The third kappa shape index (κ3) is 4.28. The summed E-state index contributed by atoms with van der Waals surface area (Å²) < 4.78 is 0. The number of nitrogens with zero attached hydrogens (tertiary/aromatic N) is 2. The molecular formula is C15H18N4S. The van der Waals surface area contributed by atoms with Crippen LogP contribution < -0.4 is 11.1 Å². The second-order valence-corrected chi connectivity index (χ2v) is 5.04. The molecule has 20 heavy (non-hydrogen) atoms. The van der Waals surface area contributed by atoms with Crippen LogP contribution in [0.25, 0.3) is 0 Å². The third-order valence-electron chi connectivity index (χ3n) is 2.87. The Labute approximate surface area is 124 Å². The van der Waals surface area contributed by atoms with Gasteiger partial charge in [0.25, 0.3) is 0 Å². The lowest BCUT2D eigenvalue weighted by Gasteiger charge is -2.07. The maximum absolute atomic E-state index is 5.60. The van der Waals surface area contributed by atoms with Gasteiger partial charge < -0.3 is 11.1 Å². The zero-order valence-corrected chi connectivity index (χ0v) is 12.3. The minimum atomic E-state index is 0.294. The van der Waals surface area contributed by atoms with Crippen molar-refractivity contribution in [2.75, 3.05) is 11.9 Å². The largest absolute Gasteiger partial charge is 0.388 e. The number of aryl methyl sites for hydroxylation is 2. The molecule has 4 nitrogen and oxygen atoms in total. The second-order valence-electron chi connectivity index (χ2n) is 4.60. The van der Waals surface area contributed by atoms with Crippen LogP contribution in [0.15, 0.2) is 36.4 Å². The fourth-order valence-electron chi connectivity index (χ4n) is 1.91. The van der Waals surface area contributed by atoms with Gasteiger partial charge in [-0.2, -0.15) is 0 Å². The van der Waals surface area contributed by atoms with Crippen LogP contribution in [0.1, 0.15) is 23.4 Å². The summed E-state index contributed by atoms with van der Waals surface area (Å²) >= 11 is 4.94. The van der Waals surface area contributed by atoms with Gasteiger partial charge in [-0.1, -0.05) is 42.5 Å². The number of nitrogens with two attached hydrogens (primary N) is 1. The molecule has 0 aliphatic heterocycles. The Hall–Kier alpha value is -2.01. The lowest BCUT2D eigenvalue weighted by Crippen LogP contribution is -2.15. The van der Waals surface area contributed by atoms with E-state index in [1.54, 1.807) is 6.07 Å². The van der Waals surface area contributed by atoms with Crippen molar-refractivity contribution in [1.82, 2.24) is 9.97 Å². The molecule has 0 amide bonds. The highest BCUT2D eigenvalue weighted by molar-refractivity contribution is 7.80. The second kappa shape index (κ2) is 6.96. The van der Waals surface area contributed by atoms with Gasteiger partial charge in [-0.15, -0.1) is 0 Å². The topological polar surface area (TPSA) is 63.8 Å². The van der Waals surface area contributed by atoms with Crippen LogP contribution in [0, 0.1) is 6.92 Å². The molecule has 1 aromatic heterocycles. The summed E-state index contributed by atoms with van der Waals surface area (Å²) in [5.41, 5.74) is 8.40. The first-order chi connectivity index (χ1) is 9.65. The van der Waals surface area contributed by atoms with Crippen molar-refractivity contribution in [1.29, 1.82) is 0 Å². The van der Waals surface area contributed by atoms with E-state index in [-0.39, 0.29) is 0 Å². The molecule has 1 heterocycles. The van der Waals surface area contributed by atoms with Crippen molar-refractivity contribution in [3.8, 4) is 0 Å². The molecule has 0 radical (unpaired) electrons. The first kappa shape index (κ1) is 14.4. The molecule has 104 valence electrons. The van der Waals surface area contributed by atoms with Gasteiger partial charge >= 0.3 is 0 Å². The van der Waals surface area contributed by atoms with Gasteiger partial charge in [0, 0.05) is 12.2 Å². The highest BCUT2D eigenvalue weighted by atomic mass is 32.1.